The van der Waals surface area contributed by atoms with E-state index in [9.17, 15) is 5.11 Å². The van der Waals surface area contributed by atoms with Crippen molar-refractivity contribution in [3.05, 3.63) is 29.8 Å². The number of nitrogens with one attached hydrogen (secondary N) is 1. The van der Waals surface area contributed by atoms with Gasteiger partial charge >= 0.3 is 0 Å². The van der Waals surface area contributed by atoms with Gasteiger partial charge in [-0.2, -0.15) is 0 Å². The summed E-state index contributed by atoms with van der Waals surface area (Å²) >= 11 is 0. The average Bonchev–Trinajstić information content (AvgIpc) is 2.28. The van der Waals surface area contributed by atoms with Gasteiger partial charge in [0.05, 0.1) is 12.2 Å². The van der Waals surface area contributed by atoms with Crippen LogP contribution in [0.2, 0.25) is 0 Å². The molecule has 2 N–H and O–H groups in total. The molecule has 0 saturated carbocycles. The van der Waals surface area contributed by atoms with Gasteiger partial charge in [0, 0.05) is 18.5 Å². The molecule has 0 aliphatic carbocycles. The van der Waals surface area contributed by atoms with E-state index in [0.29, 0.717) is 13.2 Å². The Hall–Kier alpha value is -1.06. The Morgan fingerprint density at radius 1 is 1.05 bits per heavy atom. The van der Waals surface area contributed by atoms with Gasteiger partial charge in [-0.05, 0) is 38.5 Å². The van der Waals surface area contributed by atoms with E-state index in [0.717, 1.165) is 12.3 Å². The molecule has 3 heteroatoms. The van der Waals surface area contributed by atoms with E-state index in [2.05, 4.69) is 31.3 Å². The topological polar surface area (TPSA) is 41.5 Å². The highest BCUT2D eigenvalue weighted by Crippen LogP contribution is 2.24. The van der Waals surface area contributed by atoms with Crippen LogP contribution in [0.4, 0.5) is 0 Å². The second kappa shape index (κ2) is 6.40. The largest absolute Gasteiger partial charge is 0.494 e. The van der Waals surface area contributed by atoms with Gasteiger partial charge in [-0.25, -0.2) is 0 Å². The van der Waals surface area contributed by atoms with Crippen molar-refractivity contribution in [1.82, 2.24) is 5.32 Å². The Balaban J connectivity index is 2.60. The zero-order valence-corrected chi connectivity index (χ0v) is 12.8. The van der Waals surface area contributed by atoms with Crippen LogP contribution in [-0.4, -0.2) is 30.4 Å². The lowest BCUT2D eigenvalue weighted by Gasteiger charge is -2.28. The van der Waals surface area contributed by atoms with E-state index >= 15 is 0 Å². The molecule has 0 heterocycles. The predicted molar refractivity (Wildman–Crippen MR) is 79.8 cm³/mol. The molecule has 1 rings (SSSR count). The fourth-order valence-corrected chi connectivity index (χ4v) is 1.95. The molecule has 1 aromatic rings. The van der Waals surface area contributed by atoms with Crippen LogP contribution in [0, 0.1) is 0 Å². The maximum absolute atomic E-state index is 9.70. The van der Waals surface area contributed by atoms with Crippen LogP contribution >= 0.6 is 0 Å². The molecule has 0 aliphatic rings. The van der Waals surface area contributed by atoms with Gasteiger partial charge in [-0.15, -0.1) is 0 Å². The van der Waals surface area contributed by atoms with E-state index in [1.54, 1.807) is 0 Å². The van der Waals surface area contributed by atoms with Crippen molar-refractivity contribution >= 4 is 0 Å². The zero-order valence-electron chi connectivity index (χ0n) is 12.8. The lowest BCUT2D eigenvalue weighted by molar-refractivity contribution is 0.0785. The number of hydrogen-bond donors (Lipinski definition) is 2. The third-order valence-electron chi connectivity index (χ3n) is 3.07. The molecule has 0 aromatic heterocycles. The van der Waals surface area contributed by atoms with Crippen LogP contribution in [0.1, 0.15) is 40.2 Å². The Labute approximate surface area is 117 Å². The van der Waals surface area contributed by atoms with Gasteiger partial charge in [0.15, 0.2) is 0 Å². The molecule has 3 nitrogen and oxygen atoms in total. The SMILES string of the molecule is CCOc1ccc(C(C)(C)CNCC(C)(C)O)cc1. The van der Waals surface area contributed by atoms with Crippen LogP contribution in [0.25, 0.3) is 0 Å². The lowest BCUT2D eigenvalue weighted by Crippen LogP contribution is -2.41. The first kappa shape index (κ1) is 16.0. The van der Waals surface area contributed by atoms with Crippen molar-refractivity contribution in [3.63, 3.8) is 0 Å². The maximum Gasteiger partial charge on any atom is 0.119 e. The zero-order chi connectivity index (χ0) is 14.5. The molecule has 0 bridgehead atoms. The van der Waals surface area contributed by atoms with E-state index in [1.807, 2.05) is 32.9 Å². The smallest absolute Gasteiger partial charge is 0.119 e. The van der Waals surface area contributed by atoms with Crippen molar-refractivity contribution in [1.29, 1.82) is 0 Å². The lowest BCUT2D eigenvalue weighted by atomic mass is 9.84. The first-order chi connectivity index (χ1) is 8.74. The van der Waals surface area contributed by atoms with Gasteiger partial charge < -0.3 is 15.2 Å². The third-order valence-corrected chi connectivity index (χ3v) is 3.07. The molecule has 0 radical (unpaired) electrons. The molecule has 0 atom stereocenters. The van der Waals surface area contributed by atoms with Crippen molar-refractivity contribution < 1.29 is 9.84 Å². The predicted octanol–water partition coefficient (Wildman–Crippen LogP) is 2.72. The fourth-order valence-electron chi connectivity index (χ4n) is 1.95. The Morgan fingerprint density at radius 3 is 2.11 bits per heavy atom. The van der Waals surface area contributed by atoms with Crippen LogP contribution in [0.15, 0.2) is 24.3 Å². The Morgan fingerprint density at radius 2 is 1.63 bits per heavy atom. The summed E-state index contributed by atoms with van der Waals surface area (Å²) in [6.07, 6.45) is 0. The average molecular weight is 265 g/mol. The molecule has 1 aromatic carbocycles. The van der Waals surface area contributed by atoms with Crippen LogP contribution < -0.4 is 10.1 Å². The molecule has 0 unspecified atom stereocenters. The molecular weight excluding hydrogens is 238 g/mol. The highest BCUT2D eigenvalue weighted by molar-refractivity contribution is 5.31. The summed E-state index contributed by atoms with van der Waals surface area (Å²) in [5, 5.41) is 13.0. The van der Waals surface area contributed by atoms with Crippen LogP contribution in [-0.2, 0) is 5.41 Å². The highest BCUT2D eigenvalue weighted by Gasteiger charge is 2.21. The van der Waals surface area contributed by atoms with Crippen molar-refractivity contribution in [2.24, 2.45) is 0 Å². The standard InChI is InChI=1S/C16H27NO2/c1-6-19-14-9-7-13(8-10-14)15(2,3)11-17-12-16(4,5)18/h7-10,17-18H,6,11-12H2,1-5H3. The summed E-state index contributed by atoms with van der Waals surface area (Å²) in [5.41, 5.74) is 0.615. The minimum atomic E-state index is -0.672. The van der Waals surface area contributed by atoms with Gasteiger partial charge in [0.25, 0.3) is 0 Å². The van der Waals surface area contributed by atoms with Gasteiger partial charge in [0.1, 0.15) is 5.75 Å². The minimum absolute atomic E-state index is 0.0238. The normalized spacial score (nSPS) is 12.5. The van der Waals surface area contributed by atoms with Gasteiger partial charge in [0.2, 0.25) is 0 Å². The van der Waals surface area contributed by atoms with E-state index < -0.39 is 5.60 Å². The van der Waals surface area contributed by atoms with E-state index in [4.69, 9.17) is 4.74 Å². The molecule has 0 saturated heterocycles. The molecular formula is C16H27NO2. The maximum atomic E-state index is 9.70. The second-order valence-electron chi connectivity index (χ2n) is 6.26. The summed E-state index contributed by atoms with van der Waals surface area (Å²) in [5.74, 6) is 0.909. The number of rotatable bonds is 7. The molecule has 0 spiro atoms. The molecule has 0 amide bonds. The number of aliphatic hydroxyl groups is 1. The van der Waals surface area contributed by atoms with Crippen molar-refractivity contribution in [3.8, 4) is 5.75 Å². The quantitative estimate of drug-likeness (QED) is 0.796. The molecule has 108 valence electrons. The molecule has 0 aliphatic heterocycles. The fraction of sp³-hybridized carbons (Fsp3) is 0.625. The number of ether oxygens (including phenoxy) is 1. The summed E-state index contributed by atoms with van der Waals surface area (Å²) < 4.78 is 5.45. The van der Waals surface area contributed by atoms with Crippen molar-refractivity contribution in [2.75, 3.05) is 19.7 Å². The second-order valence-corrected chi connectivity index (χ2v) is 6.26. The van der Waals surface area contributed by atoms with Gasteiger partial charge in [-0.1, -0.05) is 26.0 Å². The van der Waals surface area contributed by atoms with E-state index in [-0.39, 0.29) is 5.41 Å². The van der Waals surface area contributed by atoms with Gasteiger partial charge in [-0.3, -0.25) is 0 Å². The molecule has 0 fully saturated rings. The van der Waals surface area contributed by atoms with Crippen LogP contribution in [0.5, 0.6) is 5.75 Å². The van der Waals surface area contributed by atoms with E-state index in [1.165, 1.54) is 5.56 Å². The highest BCUT2D eigenvalue weighted by atomic mass is 16.5. The summed E-state index contributed by atoms with van der Waals surface area (Å²) in [6.45, 7) is 12.1. The third kappa shape index (κ3) is 5.62. The minimum Gasteiger partial charge on any atom is -0.494 e. The first-order valence-corrected chi connectivity index (χ1v) is 6.91. The Kier molecular flexibility index (Phi) is 5.39. The summed E-state index contributed by atoms with van der Waals surface area (Å²) in [4.78, 5) is 0. The monoisotopic (exact) mass is 265 g/mol. The van der Waals surface area contributed by atoms with Crippen molar-refractivity contribution in [2.45, 2.75) is 45.6 Å². The summed E-state index contributed by atoms with van der Waals surface area (Å²) in [6, 6.07) is 8.24. The molecule has 19 heavy (non-hydrogen) atoms. The number of benzene rings is 1. The Bertz CT molecular complexity index is 377. The summed E-state index contributed by atoms with van der Waals surface area (Å²) in [7, 11) is 0. The number of hydrogen-bond acceptors (Lipinski definition) is 3. The van der Waals surface area contributed by atoms with Crippen LogP contribution in [0.3, 0.4) is 0 Å². The first-order valence-electron chi connectivity index (χ1n) is 6.91.